The molecule has 0 aromatic heterocycles. The standard InChI is InChI=1S/C21H27N3O4S/c1-4-16-6-5-14-11-18(21(27-3)23-19(14)12-22-16)24-29(25,26)17-7-8-20-15(10-17)9-13(2)28-20/h6-8,10,12-13,18,21,23-24H,4-5,9,11H2,1-3H3. The lowest BCUT2D eigenvalue weighted by Crippen LogP contribution is -2.53. The molecular weight excluding hydrogens is 390 g/mol. The Balaban J connectivity index is 1.55. The Bertz CT molecular complexity index is 997. The van der Waals surface area contributed by atoms with Gasteiger partial charge >= 0.3 is 0 Å². The Kier molecular flexibility index (Phi) is 5.50. The second-order valence-electron chi connectivity index (χ2n) is 7.66. The largest absolute Gasteiger partial charge is 0.490 e. The van der Waals surface area contributed by atoms with Crippen molar-refractivity contribution in [2.24, 2.45) is 4.99 Å². The zero-order valence-corrected chi connectivity index (χ0v) is 17.8. The van der Waals surface area contributed by atoms with E-state index >= 15 is 0 Å². The third-order valence-corrected chi connectivity index (χ3v) is 7.04. The van der Waals surface area contributed by atoms with E-state index in [0.29, 0.717) is 12.8 Å². The van der Waals surface area contributed by atoms with Crippen LogP contribution >= 0.6 is 0 Å². The van der Waals surface area contributed by atoms with Crippen molar-refractivity contribution in [2.75, 3.05) is 7.11 Å². The Morgan fingerprint density at radius 3 is 2.93 bits per heavy atom. The maximum atomic E-state index is 13.1. The third kappa shape index (κ3) is 4.10. The summed E-state index contributed by atoms with van der Waals surface area (Å²) in [5.41, 5.74) is 3.99. The minimum atomic E-state index is -3.70. The van der Waals surface area contributed by atoms with Crippen molar-refractivity contribution < 1.29 is 17.9 Å². The molecule has 0 bridgehead atoms. The van der Waals surface area contributed by atoms with E-state index in [1.165, 1.54) is 0 Å². The number of fused-ring (bicyclic) bond motifs is 1. The average Bonchev–Trinajstić information content (AvgIpc) is 2.95. The van der Waals surface area contributed by atoms with Crippen LogP contribution in [0.15, 0.2) is 51.1 Å². The molecule has 3 heterocycles. The number of allylic oxidation sites excluding steroid dienone is 3. The molecular formula is C21H27N3O4S. The van der Waals surface area contributed by atoms with Crippen LogP contribution in [0.5, 0.6) is 5.75 Å². The first kappa shape index (κ1) is 20.1. The van der Waals surface area contributed by atoms with E-state index in [0.717, 1.165) is 41.1 Å². The van der Waals surface area contributed by atoms with Gasteiger partial charge in [0.2, 0.25) is 10.0 Å². The van der Waals surface area contributed by atoms with E-state index in [-0.39, 0.29) is 11.0 Å². The number of benzene rings is 1. The molecule has 4 rings (SSSR count). The molecule has 0 aliphatic carbocycles. The van der Waals surface area contributed by atoms with Crippen molar-refractivity contribution >= 4 is 16.2 Å². The number of nitrogens with one attached hydrogen (secondary N) is 2. The summed E-state index contributed by atoms with van der Waals surface area (Å²) in [6.07, 6.45) is 6.39. The van der Waals surface area contributed by atoms with Gasteiger partial charge < -0.3 is 14.8 Å². The summed E-state index contributed by atoms with van der Waals surface area (Å²) in [6.45, 7) is 4.04. The molecule has 0 saturated heterocycles. The highest BCUT2D eigenvalue weighted by molar-refractivity contribution is 7.89. The van der Waals surface area contributed by atoms with Gasteiger partial charge in [-0.2, -0.15) is 0 Å². The molecule has 3 aliphatic rings. The number of hydrogen-bond donors (Lipinski definition) is 2. The number of sulfonamides is 1. The molecule has 0 spiro atoms. The third-order valence-electron chi connectivity index (χ3n) is 5.55. The quantitative estimate of drug-likeness (QED) is 0.769. The normalized spacial score (nSPS) is 26.2. The summed E-state index contributed by atoms with van der Waals surface area (Å²) in [6, 6.07) is 4.62. The van der Waals surface area contributed by atoms with Crippen molar-refractivity contribution in [1.29, 1.82) is 0 Å². The lowest BCUT2D eigenvalue weighted by Gasteiger charge is -2.34. The van der Waals surface area contributed by atoms with Crippen LogP contribution in [0.4, 0.5) is 0 Å². The van der Waals surface area contributed by atoms with Crippen molar-refractivity contribution in [3.63, 3.8) is 0 Å². The first-order valence-corrected chi connectivity index (χ1v) is 11.4. The zero-order valence-electron chi connectivity index (χ0n) is 16.9. The zero-order chi connectivity index (χ0) is 20.6. The van der Waals surface area contributed by atoms with Gasteiger partial charge in [0, 0.05) is 19.2 Å². The molecule has 8 heteroatoms. The summed E-state index contributed by atoms with van der Waals surface area (Å²) < 4.78 is 40.2. The highest BCUT2D eigenvalue weighted by Crippen LogP contribution is 2.31. The van der Waals surface area contributed by atoms with Crippen LogP contribution in [-0.4, -0.2) is 40.1 Å². The van der Waals surface area contributed by atoms with Crippen molar-refractivity contribution in [3.05, 3.63) is 46.8 Å². The summed E-state index contributed by atoms with van der Waals surface area (Å²) in [5, 5.41) is 3.29. The van der Waals surface area contributed by atoms with Gasteiger partial charge in [-0.3, -0.25) is 4.99 Å². The van der Waals surface area contributed by atoms with Gasteiger partial charge in [-0.15, -0.1) is 0 Å². The van der Waals surface area contributed by atoms with Crippen LogP contribution in [0.1, 0.15) is 38.7 Å². The first-order chi connectivity index (χ1) is 13.9. The van der Waals surface area contributed by atoms with Gasteiger partial charge in [0.05, 0.1) is 22.8 Å². The second kappa shape index (κ2) is 7.93. The van der Waals surface area contributed by atoms with Crippen LogP contribution in [0, 0.1) is 0 Å². The summed E-state index contributed by atoms with van der Waals surface area (Å²) in [7, 11) is -2.13. The van der Waals surface area contributed by atoms with Crippen LogP contribution in [-0.2, 0) is 21.2 Å². The number of nitrogens with zero attached hydrogens (tertiary/aromatic N) is 1. The summed E-state index contributed by atoms with van der Waals surface area (Å²) >= 11 is 0. The lowest BCUT2D eigenvalue weighted by atomic mass is 9.96. The van der Waals surface area contributed by atoms with Gasteiger partial charge in [0.1, 0.15) is 18.1 Å². The first-order valence-electron chi connectivity index (χ1n) is 9.96. The van der Waals surface area contributed by atoms with E-state index in [4.69, 9.17) is 9.47 Å². The number of rotatable bonds is 5. The number of methoxy groups -OCH3 is 1. The minimum Gasteiger partial charge on any atom is -0.490 e. The smallest absolute Gasteiger partial charge is 0.240 e. The Hall–Kier alpha value is -2.16. The average molecular weight is 418 g/mol. The number of aliphatic imine (C=N–C) groups is 1. The summed E-state index contributed by atoms with van der Waals surface area (Å²) in [5.74, 6) is 0.761. The van der Waals surface area contributed by atoms with E-state index in [2.05, 4.69) is 28.0 Å². The van der Waals surface area contributed by atoms with Crippen LogP contribution in [0.3, 0.4) is 0 Å². The maximum absolute atomic E-state index is 13.1. The molecule has 2 N–H and O–H groups in total. The molecule has 0 saturated carbocycles. The van der Waals surface area contributed by atoms with Crippen molar-refractivity contribution in [1.82, 2.24) is 10.0 Å². The van der Waals surface area contributed by atoms with Gasteiger partial charge in [-0.05, 0) is 55.5 Å². The molecule has 1 aromatic rings. The molecule has 3 unspecified atom stereocenters. The molecule has 29 heavy (non-hydrogen) atoms. The van der Waals surface area contributed by atoms with Gasteiger partial charge in [-0.1, -0.05) is 13.0 Å². The monoisotopic (exact) mass is 417 g/mol. The number of hydrogen-bond acceptors (Lipinski definition) is 6. The predicted molar refractivity (Wildman–Crippen MR) is 111 cm³/mol. The highest BCUT2D eigenvalue weighted by atomic mass is 32.2. The number of ether oxygens (including phenoxy) is 2. The Morgan fingerprint density at radius 1 is 1.34 bits per heavy atom. The molecule has 0 fully saturated rings. The van der Waals surface area contributed by atoms with Gasteiger partial charge in [0.15, 0.2) is 0 Å². The van der Waals surface area contributed by atoms with Crippen molar-refractivity contribution in [2.45, 2.75) is 62.8 Å². The summed E-state index contributed by atoms with van der Waals surface area (Å²) in [4.78, 5) is 4.74. The fourth-order valence-corrected chi connectivity index (χ4v) is 5.28. The fraction of sp³-hybridized carbons (Fsp3) is 0.476. The van der Waals surface area contributed by atoms with Crippen LogP contribution in [0.25, 0.3) is 0 Å². The van der Waals surface area contributed by atoms with E-state index in [1.54, 1.807) is 25.3 Å². The SMILES string of the molecule is CCC1=CCC2=C(C=N1)NC(OC)C(NS(=O)(=O)c1ccc3c(c1)CC(C)O3)C2. The molecule has 0 amide bonds. The second-order valence-corrected chi connectivity index (χ2v) is 9.38. The molecule has 0 radical (unpaired) electrons. The lowest BCUT2D eigenvalue weighted by molar-refractivity contribution is 0.0518. The molecule has 156 valence electrons. The molecule has 3 aliphatic heterocycles. The van der Waals surface area contributed by atoms with Crippen LogP contribution < -0.4 is 14.8 Å². The maximum Gasteiger partial charge on any atom is 0.240 e. The molecule has 7 nitrogen and oxygen atoms in total. The van der Waals surface area contributed by atoms with Gasteiger partial charge in [-0.25, -0.2) is 13.1 Å². The topological polar surface area (TPSA) is 89.0 Å². The van der Waals surface area contributed by atoms with Gasteiger partial charge in [0.25, 0.3) is 0 Å². The highest BCUT2D eigenvalue weighted by Gasteiger charge is 2.33. The van der Waals surface area contributed by atoms with Crippen molar-refractivity contribution in [3.8, 4) is 5.75 Å². The molecule has 3 atom stereocenters. The van der Waals surface area contributed by atoms with E-state index in [9.17, 15) is 8.42 Å². The fourth-order valence-electron chi connectivity index (χ4n) is 4.00. The Morgan fingerprint density at radius 2 is 2.17 bits per heavy atom. The van der Waals surface area contributed by atoms with E-state index in [1.807, 2.05) is 13.1 Å². The Labute approximate surface area is 171 Å². The van der Waals surface area contributed by atoms with E-state index < -0.39 is 22.3 Å². The van der Waals surface area contributed by atoms with Crippen LogP contribution in [0.2, 0.25) is 0 Å². The predicted octanol–water partition coefficient (Wildman–Crippen LogP) is 2.65. The molecule has 1 aromatic carbocycles. The minimum absolute atomic E-state index is 0.0691.